The van der Waals surface area contributed by atoms with Crippen LogP contribution in [0.4, 0.5) is 0 Å². The third-order valence-corrected chi connectivity index (χ3v) is 4.81. The summed E-state index contributed by atoms with van der Waals surface area (Å²) in [6.07, 6.45) is 3.29. The van der Waals surface area contributed by atoms with E-state index in [0.717, 1.165) is 18.4 Å². The number of pyridine rings is 1. The monoisotopic (exact) mass is 418 g/mol. The number of carbonyl (C=O) groups is 2. The van der Waals surface area contributed by atoms with Crippen molar-refractivity contribution in [3.8, 4) is 0 Å². The second-order valence-corrected chi connectivity index (χ2v) is 7.90. The van der Waals surface area contributed by atoms with E-state index in [-0.39, 0.29) is 36.2 Å². The van der Waals surface area contributed by atoms with E-state index in [2.05, 4.69) is 19.2 Å². The summed E-state index contributed by atoms with van der Waals surface area (Å²) in [7, 11) is 0. The molecule has 0 saturated carbocycles. The lowest BCUT2D eigenvalue weighted by atomic mass is 10.0. The molecule has 0 spiro atoms. The summed E-state index contributed by atoms with van der Waals surface area (Å²) in [6, 6.07) is 9.87. The Kier molecular flexibility index (Phi) is 8.46. The lowest BCUT2D eigenvalue weighted by molar-refractivity contribution is -0.124. The molecule has 2 aromatic rings. The topological polar surface area (TPSA) is 77.4 Å². The average Bonchev–Trinajstić information content (AvgIpc) is 2.68. The van der Waals surface area contributed by atoms with Crippen molar-refractivity contribution in [2.24, 2.45) is 5.92 Å². The van der Waals surface area contributed by atoms with Crippen LogP contribution in [0.1, 0.15) is 49.5 Å². The summed E-state index contributed by atoms with van der Waals surface area (Å²) in [6.45, 7) is 6.04. The van der Waals surface area contributed by atoms with E-state index in [1.165, 1.54) is 22.9 Å². The number of aromatic nitrogens is 1. The molecule has 1 heterocycles. The molecule has 6 nitrogen and oxygen atoms in total. The van der Waals surface area contributed by atoms with Crippen LogP contribution in [0.15, 0.2) is 47.4 Å². The molecule has 0 aliphatic rings. The summed E-state index contributed by atoms with van der Waals surface area (Å²) in [4.78, 5) is 36.4. The van der Waals surface area contributed by atoms with Crippen molar-refractivity contribution in [3.63, 3.8) is 0 Å². The summed E-state index contributed by atoms with van der Waals surface area (Å²) in [5, 5.41) is 3.35. The molecule has 1 amide bonds. The predicted molar refractivity (Wildman–Crippen MR) is 113 cm³/mol. The normalized spacial score (nSPS) is 11.9. The number of ether oxygens (including phenoxy) is 1. The highest BCUT2D eigenvalue weighted by Crippen LogP contribution is 2.15. The molecule has 1 aromatic heterocycles. The third kappa shape index (κ3) is 7.38. The highest BCUT2D eigenvalue weighted by molar-refractivity contribution is 6.31. The van der Waals surface area contributed by atoms with Crippen LogP contribution in [0.3, 0.4) is 0 Å². The Bertz CT molecular complexity index is 908. The first-order valence-electron chi connectivity index (χ1n) is 9.66. The number of carbonyl (C=O) groups excluding carboxylic acids is 2. The fourth-order valence-corrected chi connectivity index (χ4v) is 2.97. The van der Waals surface area contributed by atoms with Crippen LogP contribution in [0.25, 0.3) is 0 Å². The van der Waals surface area contributed by atoms with Gasteiger partial charge in [-0.3, -0.25) is 9.59 Å². The largest absolute Gasteiger partial charge is 0.452 e. The van der Waals surface area contributed by atoms with Gasteiger partial charge in [0.05, 0.1) is 12.1 Å². The Morgan fingerprint density at radius 2 is 1.83 bits per heavy atom. The maximum absolute atomic E-state index is 12.3. The van der Waals surface area contributed by atoms with Gasteiger partial charge in [-0.25, -0.2) is 4.79 Å². The number of amides is 1. The molecule has 1 unspecified atom stereocenters. The standard InChI is InChI=1S/C22H27ClN2O4/c1-15(2)8-9-16(3)24-20(26)14-29-22(28)18-10-11-21(27)25(13-18)12-17-6-4-5-7-19(17)23/h4-7,10-11,13,15-16H,8-9,12,14H2,1-3H3,(H,24,26). The van der Waals surface area contributed by atoms with Crippen molar-refractivity contribution >= 4 is 23.5 Å². The van der Waals surface area contributed by atoms with Crippen molar-refractivity contribution in [2.45, 2.75) is 46.2 Å². The second kappa shape index (κ2) is 10.8. The van der Waals surface area contributed by atoms with E-state index in [1.807, 2.05) is 19.1 Å². The summed E-state index contributed by atoms with van der Waals surface area (Å²) >= 11 is 6.14. The number of esters is 1. The number of hydrogen-bond acceptors (Lipinski definition) is 4. The van der Waals surface area contributed by atoms with E-state index in [1.54, 1.807) is 12.1 Å². The van der Waals surface area contributed by atoms with Crippen LogP contribution in [0.2, 0.25) is 5.02 Å². The Morgan fingerprint density at radius 3 is 2.52 bits per heavy atom. The van der Waals surface area contributed by atoms with Crippen LogP contribution in [0, 0.1) is 5.92 Å². The minimum absolute atomic E-state index is 0.0149. The first-order valence-corrected chi connectivity index (χ1v) is 10.0. The van der Waals surface area contributed by atoms with Gasteiger partial charge in [-0.1, -0.05) is 43.6 Å². The molecule has 0 aliphatic carbocycles. The molecule has 29 heavy (non-hydrogen) atoms. The quantitative estimate of drug-likeness (QED) is 0.630. The molecular formula is C22H27ClN2O4. The number of rotatable bonds is 9. The minimum Gasteiger partial charge on any atom is -0.452 e. The Hall–Kier alpha value is -2.60. The van der Waals surface area contributed by atoms with Crippen molar-refractivity contribution in [2.75, 3.05) is 6.61 Å². The summed E-state index contributed by atoms with van der Waals surface area (Å²) in [5.74, 6) is -0.449. The summed E-state index contributed by atoms with van der Waals surface area (Å²) < 4.78 is 6.47. The van der Waals surface area contributed by atoms with Gasteiger partial charge in [0, 0.05) is 23.3 Å². The van der Waals surface area contributed by atoms with Crippen LogP contribution in [-0.2, 0) is 16.1 Å². The SMILES string of the molecule is CC(C)CCC(C)NC(=O)COC(=O)c1ccc(=O)n(Cc2ccccc2Cl)c1. The van der Waals surface area contributed by atoms with Gasteiger partial charge in [-0.05, 0) is 43.4 Å². The zero-order chi connectivity index (χ0) is 21.4. The average molecular weight is 419 g/mol. The molecule has 2 rings (SSSR count). The predicted octanol–water partition coefficient (Wildman–Crippen LogP) is 3.65. The second-order valence-electron chi connectivity index (χ2n) is 7.49. The van der Waals surface area contributed by atoms with Crippen LogP contribution >= 0.6 is 11.6 Å². The molecule has 1 atom stereocenters. The van der Waals surface area contributed by atoms with Gasteiger partial charge in [-0.15, -0.1) is 0 Å². The molecule has 0 fully saturated rings. The number of hydrogen-bond donors (Lipinski definition) is 1. The Morgan fingerprint density at radius 1 is 1.10 bits per heavy atom. The maximum Gasteiger partial charge on any atom is 0.340 e. The molecule has 7 heteroatoms. The van der Waals surface area contributed by atoms with E-state index in [0.29, 0.717) is 10.9 Å². The van der Waals surface area contributed by atoms with Gasteiger partial charge >= 0.3 is 5.97 Å². The van der Waals surface area contributed by atoms with Crippen LogP contribution < -0.4 is 10.9 Å². The van der Waals surface area contributed by atoms with Crippen LogP contribution in [-0.4, -0.2) is 29.1 Å². The Balaban J connectivity index is 1.95. The number of halogens is 1. The maximum atomic E-state index is 12.3. The molecule has 0 saturated heterocycles. The molecule has 0 bridgehead atoms. The van der Waals surface area contributed by atoms with E-state index in [4.69, 9.17) is 16.3 Å². The zero-order valence-electron chi connectivity index (χ0n) is 17.0. The first-order chi connectivity index (χ1) is 13.8. The summed E-state index contributed by atoms with van der Waals surface area (Å²) in [5.41, 5.74) is 0.687. The molecule has 1 aromatic carbocycles. The zero-order valence-corrected chi connectivity index (χ0v) is 17.7. The number of benzene rings is 1. The molecule has 0 radical (unpaired) electrons. The molecular weight excluding hydrogens is 392 g/mol. The molecule has 1 N–H and O–H groups in total. The van der Waals surface area contributed by atoms with Crippen LogP contribution in [0.5, 0.6) is 0 Å². The van der Waals surface area contributed by atoms with E-state index >= 15 is 0 Å². The van der Waals surface area contributed by atoms with Gasteiger partial charge in [0.15, 0.2) is 6.61 Å². The van der Waals surface area contributed by atoms with Crippen molar-refractivity contribution in [3.05, 3.63) is 69.1 Å². The lowest BCUT2D eigenvalue weighted by Gasteiger charge is -2.15. The van der Waals surface area contributed by atoms with E-state index < -0.39 is 5.97 Å². The third-order valence-electron chi connectivity index (χ3n) is 4.44. The van der Waals surface area contributed by atoms with Crippen molar-refractivity contribution in [1.82, 2.24) is 9.88 Å². The fraction of sp³-hybridized carbons (Fsp3) is 0.409. The highest BCUT2D eigenvalue weighted by atomic mass is 35.5. The first kappa shape index (κ1) is 22.7. The van der Waals surface area contributed by atoms with E-state index in [9.17, 15) is 14.4 Å². The molecule has 156 valence electrons. The fourth-order valence-electron chi connectivity index (χ4n) is 2.77. The van der Waals surface area contributed by atoms with Crippen molar-refractivity contribution < 1.29 is 14.3 Å². The van der Waals surface area contributed by atoms with Gasteiger partial charge in [0.1, 0.15) is 0 Å². The smallest absolute Gasteiger partial charge is 0.340 e. The highest BCUT2D eigenvalue weighted by Gasteiger charge is 2.14. The van der Waals surface area contributed by atoms with Gasteiger partial charge in [0.2, 0.25) is 0 Å². The van der Waals surface area contributed by atoms with Gasteiger partial charge in [0.25, 0.3) is 11.5 Å². The molecule has 0 aliphatic heterocycles. The number of nitrogens with one attached hydrogen (secondary N) is 1. The van der Waals surface area contributed by atoms with Gasteiger partial charge in [-0.2, -0.15) is 0 Å². The number of nitrogens with zero attached hydrogens (tertiary/aromatic N) is 1. The van der Waals surface area contributed by atoms with Crippen molar-refractivity contribution in [1.29, 1.82) is 0 Å². The lowest BCUT2D eigenvalue weighted by Crippen LogP contribution is -2.36. The van der Waals surface area contributed by atoms with Gasteiger partial charge < -0.3 is 14.6 Å². The minimum atomic E-state index is -0.664. The Labute approximate surface area is 175 Å².